The van der Waals surface area contributed by atoms with Gasteiger partial charge in [0.2, 0.25) is 0 Å². The zero-order valence-electron chi connectivity index (χ0n) is 9.21. The third-order valence-corrected chi connectivity index (χ3v) is 3.15. The molecule has 2 aromatic rings. The van der Waals surface area contributed by atoms with E-state index in [4.69, 9.17) is 27.3 Å². The number of ether oxygens (including phenoxy) is 1. The Hall–Kier alpha value is -1.79. The van der Waals surface area contributed by atoms with E-state index in [1.165, 1.54) is 11.3 Å². The molecule has 0 aliphatic carbocycles. The average Bonchev–Trinajstić information content (AvgIpc) is 2.88. The van der Waals surface area contributed by atoms with Crippen LogP contribution >= 0.6 is 22.9 Å². The van der Waals surface area contributed by atoms with E-state index in [1.807, 2.05) is 5.38 Å². The summed E-state index contributed by atoms with van der Waals surface area (Å²) in [7, 11) is 0. The molecule has 0 amide bonds. The standard InChI is InChI=1S/C11H10ClN3O2S/c12-7-1-2-8(11(13)15-16)9(5-7)17-6-10-14-3-4-18-10/h1-5,16H,6H2,(H2,13,15). The molecule has 0 saturated heterocycles. The highest BCUT2D eigenvalue weighted by Crippen LogP contribution is 2.24. The van der Waals surface area contributed by atoms with E-state index in [2.05, 4.69) is 10.1 Å². The molecule has 0 bridgehead atoms. The molecule has 0 aliphatic heterocycles. The van der Waals surface area contributed by atoms with Gasteiger partial charge in [0.1, 0.15) is 17.4 Å². The summed E-state index contributed by atoms with van der Waals surface area (Å²) in [6, 6.07) is 4.89. The number of nitrogens with two attached hydrogens (primary N) is 1. The van der Waals surface area contributed by atoms with Crippen LogP contribution in [-0.2, 0) is 6.61 Å². The lowest BCUT2D eigenvalue weighted by Gasteiger charge is -2.09. The lowest BCUT2D eigenvalue weighted by Crippen LogP contribution is -2.14. The van der Waals surface area contributed by atoms with E-state index in [0.29, 0.717) is 22.9 Å². The minimum absolute atomic E-state index is 0.0270. The first-order valence-corrected chi connectivity index (χ1v) is 6.25. The summed E-state index contributed by atoms with van der Waals surface area (Å²) < 4.78 is 5.58. The molecule has 94 valence electrons. The monoisotopic (exact) mass is 283 g/mol. The molecule has 7 heteroatoms. The summed E-state index contributed by atoms with van der Waals surface area (Å²) in [5.74, 6) is 0.425. The number of oxime groups is 1. The molecule has 18 heavy (non-hydrogen) atoms. The molecular formula is C11H10ClN3O2S. The van der Waals surface area contributed by atoms with E-state index in [1.54, 1.807) is 24.4 Å². The molecule has 0 atom stereocenters. The minimum Gasteiger partial charge on any atom is -0.486 e. The van der Waals surface area contributed by atoms with Gasteiger partial charge >= 0.3 is 0 Å². The van der Waals surface area contributed by atoms with Gasteiger partial charge in [-0.15, -0.1) is 11.3 Å². The van der Waals surface area contributed by atoms with Gasteiger partial charge < -0.3 is 15.7 Å². The Morgan fingerprint density at radius 3 is 3.06 bits per heavy atom. The lowest BCUT2D eigenvalue weighted by molar-refractivity contribution is 0.302. The smallest absolute Gasteiger partial charge is 0.173 e. The Morgan fingerprint density at radius 2 is 2.39 bits per heavy atom. The summed E-state index contributed by atoms with van der Waals surface area (Å²) in [6.07, 6.45) is 1.70. The van der Waals surface area contributed by atoms with Crippen LogP contribution in [0.4, 0.5) is 0 Å². The molecule has 1 aromatic carbocycles. The van der Waals surface area contributed by atoms with Gasteiger partial charge in [-0.05, 0) is 18.2 Å². The van der Waals surface area contributed by atoms with Crippen LogP contribution in [0.15, 0.2) is 34.9 Å². The van der Waals surface area contributed by atoms with Crippen molar-refractivity contribution in [1.29, 1.82) is 0 Å². The van der Waals surface area contributed by atoms with E-state index in [0.717, 1.165) is 5.01 Å². The Morgan fingerprint density at radius 1 is 1.56 bits per heavy atom. The van der Waals surface area contributed by atoms with Gasteiger partial charge in [-0.2, -0.15) is 0 Å². The van der Waals surface area contributed by atoms with Crippen molar-refractivity contribution in [2.75, 3.05) is 0 Å². The molecule has 0 unspecified atom stereocenters. The molecule has 0 fully saturated rings. The van der Waals surface area contributed by atoms with Crippen LogP contribution in [0.2, 0.25) is 5.02 Å². The second kappa shape index (κ2) is 5.70. The lowest BCUT2D eigenvalue weighted by atomic mass is 10.2. The highest BCUT2D eigenvalue weighted by atomic mass is 35.5. The third-order valence-electron chi connectivity index (χ3n) is 2.16. The van der Waals surface area contributed by atoms with Gasteiger partial charge in [-0.1, -0.05) is 16.8 Å². The first kappa shape index (κ1) is 12.7. The fourth-order valence-corrected chi connectivity index (χ4v) is 2.03. The van der Waals surface area contributed by atoms with Gasteiger partial charge in [0.15, 0.2) is 5.84 Å². The fourth-order valence-electron chi connectivity index (χ4n) is 1.34. The summed E-state index contributed by atoms with van der Waals surface area (Å²) >= 11 is 7.38. The maximum absolute atomic E-state index is 8.70. The van der Waals surface area contributed by atoms with Crippen molar-refractivity contribution in [3.05, 3.63) is 45.4 Å². The van der Waals surface area contributed by atoms with Crippen molar-refractivity contribution in [2.45, 2.75) is 6.61 Å². The second-order valence-electron chi connectivity index (χ2n) is 3.34. The number of aromatic nitrogens is 1. The van der Waals surface area contributed by atoms with E-state index < -0.39 is 0 Å². The van der Waals surface area contributed by atoms with Gasteiger partial charge in [-0.3, -0.25) is 0 Å². The first-order chi connectivity index (χ1) is 8.70. The summed E-state index contributed by atoms with van der Waals surface area (Å²) in [6.45, 7) is 0.309. The van der Waals surface area contributed by atoms with Crippen LogP contribution in [0.3, 0.4) is 0 Å². The van der Waals surface area contributed by atoms with Crippen molar-refractivity contribution in [1.82, 2.24) is 4.98 Å². The topological polar surface area (TPSA) is 80.7 Å². The number of rotatable bonds is 4. The number of hydrogen-bond acceptors (Lipinski definition) is 5. The van der Waals surface area contributed by atoms with Gasteiger partial charge in [0.25, 0.3) is 0 Å². The number of thiazole rings is 1. The predicted octanol–water partition coefficient (Wildman–Crippen LogP) is 2.47. The minimum atomic E-state index is -0.0270. The van der Waals surface area contributed by atoms with Crippen LogP contribution in [0.25, 0.3) is 0 Å². The fraction of sp³-hybridized carbons (Fsp3) is 0.0909. The van der Waals surface area contributed by atoms with Crippen molar-refractivity contribution < 1.29 is 9.94 Å². The highest BCUT2D eigenvalue weighted by molar-refractivity contribution is 7.09. The number of amidine groups is 1. The van der Waals surface area contributed by atoms with Crippen LogP contribution in [0.5, 0.6) is 5.75 Å². The maximum atomic E-state index is 8.70. The molecule has 1 aromatic heterocycles. The van der Waals surface area contributed by atoms with Gasteiger partial charge in [-0.25, -0.2) is 4.98 Å². The molecule has 0 saturated carbocycles. The zero-order chi connectivity index (χ0) is 13.0. The number of benzene rings is 1. The molecular weight excluding hydrogens is 274 g/mol. The summed E-state index contributed by atoms with van der Waals surface area (Å²) in [5, 5.41) is 14.9. The summed E-state index contributed by atoms with van der Waals surface area (Å²) in [5.41, 5.74) is 6.04. The average molecular weight is 284 g/mol. The van der Waals surface area contributed by atoms with Crippen LogP contribution in [0.1, 0.15) is 10.6 Å². The third kappa shape index (κ3) is 2.91. The Labute approximate surface area is 112 Å². The largest absolute Gasteiger partial charge is 0.486 e. The van der Waals surface area contributed by atoms with Crippen molar-refractivity contribution >= 4 is 28.8 Å². The molecule has 0 spiro atoms. The van der Waals surface area contributed by atoms with Crippen molar-refractivity contribution in [3.63, 3.8) is 0 Å². The van der Waals surface area contributed by atoms with E-state index in [9.17, 15) is 0 Å². The van der Waals surface area contributed by atoms with Gasteiger partial charge in [0.05, 0.1) is 5.56 Å². The molecule has 5 nitrogen and oxygen atoms in total. The molecule has 0 aliphatic rings. The van der Waals surface area contributed by atoms with Gasteiger partial charge in [0, 0.05) is 16.6 Å². The van der Waals surface area contributed by atoms with E-state index in [-0.39, 0.29) is 5.84 Å². The molecule has 1 heterocycles. The van der Waals surface area contributed by atoms with Crippen LogP contribution < -0.4 is 10.5 Å². The molecule has 0 radical (unpaired) electrons. The Kier molecular flexibility index (Phi) is 4.01. The number of halogens is 1. The normalized spacial score (nSPS) is 11.5. The molecule has 2 rings (SSSR count). The van der Waals surface area contributed by atoms with Crippen LogP contribution in [-0.4, -0.2) is 16.0 Å². The van der Waals surface area contributed by atoms with Crippen molar-refractivity contribution in [2.24, 2.45) is 10.9 Å². The number of nitrogens with zero attached hydrogens (tertiary/aromatic N) is 2. The zero-order valence-corrected chi connectivity index (χ0v) is 10.8. The second-order valence-corrected chi connectivity index (χ2v) is 4.76. The van der Waals surface area contributed by atoms with E-state index >= 15 is 0 Å². The van der Waals surface area contributed by atoms with Crippen LogP contribution in [0, 0.1) is 0 Å². The highest BCUT2D eigenvalue weighted by Gasteiger charge is 2.10. The first-order valence-electron chi connectivity index (χ1n) is 4.99. The quantitative estimate of drug-likeness (QED) is 0.391. The Bertz CT molecular complexity index is 557. The predicted molar refractivity (Wildman–Crippen MR) is 70.4 cm³/mol. The molecule has 3 N–H and O–H groups in total. The SMILES string of the molecule is N/C(=N/O)c1ccc(Cl)cc1OCc1nccs1. The Balaban J connectivity index is 2.22. The maximum Gasteiger partial charge on any atom is 0.173 e. The number of hydrogen-bond donors (Lipinski definition) is 2. The summed E-state index contributed by atoms with van der Waals surface area (Å²) in [4.78, 5) is 4.10. The van der Waals surface area contributed by atoms with Crippen molar-refractivity contribution in [3.8, 4) is 5.75 Å².